The van der Waals surface area contributed by atoms with E-state index < -0.39 is 0 Å². The van der Waals surface area contributed by atoms with Gasteiger partial charge in [-0.25, -0.2) is 0 Å². The van der Waals surface area contributed by atoms with E-state index in [4.69, 9.17) is 19.6 Å². The molecule has 7 heteroatoms. The van der Waals surface area contributed by atoms with E-state index in [1.165, 1.54) is 5.69 Å². The van der Waals surface area contributed by atoms with Crippen LogP contribution in [-0.2, 0) is 11.8 Å². The lowest BCUT2D eigenvalue weighted by atomic mass is 10.1. The summed E-state index contributed by atoms with van der Waals surface area (Å²) in [6.07, 6.45) is 2.22. The molecule has 0 aliphatic carbocycles. The zero-order valence-corrected chi connectivity index (χ0v) is 19.2. The number of pyridine rings is 1. The fourth-order valence-corrected chi connectivity index (χ4v) is 4.37. The first kappa shape index (κ1) is 21.0. The number of hydrogen-bond acceptors (Lipinski definition) is 6. The Bertz CT molecular complexity index is 869. The van der Waals surface area contributed by atoms with Crippen LogP contribution in [0.4, 0.5) is 11.5 Å². The third kappa shape index (κ3) is 4.41. The van der Waals surface area contributed by atoms with Crippen molar-refractivity contribution in [1.82, 2.24) is 14.8 Å². The van der Waals surface area contributed by atoms with Crippen molar-refractivity contribution < 1.29 is 9.47 Å². The first-order valence-electron chi connectivity index (χ1n) is 11.0. The van der Waals surface area contributed by atoms with Crippen molar-refractivity contribution in [3.8, 4) is 5.88 Å². The number of ether oxygens (including phenoxy) is 2. The third-order valence-electron chi connectivity index (χ3n) is 5.90. The number of aromatic nitrogens is 3. The van der Waals surface area contributed by atoms with Gasteiger partial charge < -0.3 is 19.3 Å². The highest BCUT2D eigenvalue weighted by Gasteiger charge is 2.31. The lowest BCUT2D eigenvalue weighted by molar-refractivity contribution is 0.0986. The van der Waals surface area contributed by atoms with E-state index in [-0.39, 0.29) is 11.6 Å². The van der Waals surface area contributed by atoms with Gasteiger partial charge >= 0.3 is 0 Å². The molecule has 0 bridgehead atoms. The molecule has 2 aromatic heterocycles. The molecular weight excluding hydrogens is 378 g/mol. The second-order valence-corrected chi connectivity index (χ2v) is 9.54. The fraction of sp³-hybridized carbons (Fsp3) is 0.652. The molecule has 2 atom stereocenters. The summed E-state index contributed by atoms with van der Waals surface area (Å²) in [7, 11) is 2.01. The molecular formula is C23H35N5O2. The summed E-state index contributed by atoms with van der Waals surface area (Å²) in [5.41, 5.74) is 3.15. The molecule has 164 valence electrons. The molecule has 2 fully saturated rings. The van der Waals surface area contributed by atoms with Gasteiger partial charge in [0.2, 0.25) is 5.88 Å². The number of rotatable bonds is 4. The predicted molar refractivity (Wildman–Crippen MR) is 120 cm³/mol. The normalized spacial score (nSPS) is 22.6. The SMILES string of the molecule is Cc1cc(C2CCCN2c2cc(N3CCOC[C@H]3C)cc(OC(C)(C)C)n2)nn1C. The molecule has 2 aromatic rings. The van der Waals surface area contributed by atoms with Gasteiger partial charge in [-0.2, -0.15) is 10.1 Å². The monoisotopic (exact) mass is 413 g/mol. The van der Waals surface area contributed by atoms with Crippen molar-refractivity contribution in [2.24, 2.45) is 7.05 Å². The lowest BCUT2D eigenvalue weighted by Gasteiger charge is -2.36. The van der Waals surface area contributed by atoms with Crippen molar-refractivity contribution in [1.29, 1.82) is 0 Å². The predicted octanol–water partition coefficient (Wildman–Crippen LogP) is 3.87. The van der Waals surface area contributed by atoms with Crippen LogP contribution in [0.2, 0.25) is 0 Å². The number of morpholine rings is 1. The summed E-state index contributed by atoms with van der Waals surface area (Å²) < 4.78 is 13.8. The molecule has 0 N–H and O–H groups in total. The van der Waals surface area contributed by atoms with E-state index in [1.807, 2.05) is 11.7 Å². The van der Waals surface area contributed by atoms with Gasteiger partial charge in [-0.1, -0.05) is 0 Å². The van der Waals surface area contributed by atoms with E-state index >= 15 is 0 Å². The highest BCUT2D eigenvalue weighted by molar-refractivity contribution is 5.60. The number of hydrogen-bond donors (Lipinski definition) is 0. The van der Waals surface area contributed by atoms with Crippen LogP contribution in [0.3, 0.4) is 0 Å². The molecule has 0 saturated carbocycles. The molecule has 2 aliphatic rings. The summed E-state index contributed by atoms with van der Waals surface area (Å²) in [6, 6.07) is 7.06. The van der Waals surface area contributed by atoms with Crippen molar-refractivity contribution >= 4 is 11.5 Å². The Hall–Kier alpha value is -2.28. The van der Waals surface area contributed by atoms with Crippen LogP contribution in [-0.4, -0.2) is 52.7 Å². The van der Waals surface area contributed by atoms with E-state index in [0.29, 0.717) is 11.9 Å². The van der Waals surface area contributed by atoms with Crippen molar-refractivity contribution in [3.05, 3.63) is 29.6 Å². The Morgan fingerprint density at radius 2 is 1.93 bits per heavy atom. The van der Waals surface area contributed by atoms with Crippen LogP contribution in [0.25, 0.3) is 0 Å². The molecule has 2 aliphatic heterocycles. The zero-order valence-electron chi connectivity index (χ0n) is 19.2. The Kier molecular flexibility index (Phi) is 5.66. The van der Waals surface area contributed by atoms with E-state index in [2.05, 4.69) is 62.6 Å². The maximum Gasteiger partial charge on any atom is 0.217 e. The van der Waals surface area contributed by atoms with Crippen molar-refractivity contribution in [3.63, 3.8) is 0 Å². The van der Waals surface area contributed by atoms with Crippen molar-refractivity contribution in [2.75, 3.05) is 36.1 Å². The highest BCUT2D eigenvalue weighted by Crippen LogP contribution is 2.38. The quantitative estimate of drug-likeness (QED) is 0.759. The first-order chi connectivity index (χ1) is 14.2. The molecule has 7 nitrogen and oxygen atoms in total. The molecule has 30 heavy (non-hydrogen) atoms. The van der Waals surface area contributed by atoms with E-state index in [9.17, 15) is 0 Å². The number of aryl methyl sites for hydroxylation is 2. The summed E-state index contributed by atoms with van der Waals surface area (Å²) in [6.45, 7) is 13.8. The number of anilines is 2. The van der Waals surface area contributed by atoms with Gasteiger partial charge in [-0.3, -0.25) is 4.68 Å². The van der Waals surface area contributed by atoms with Crippen LogP contribution >= 0.6 is 0 Å². The molecule has 1 unspecified atom stereocenters. The van der Waals surface area contributed by atoms with Gasteiger partial charge in [0.25, 0.3) is 0 Å². The smallest absolute Gasteiger partial charge is 0.217 e. The van der Waals surface area contributed by atoms with Crippen LogP contribution in [0.5, 0.6) is 5.88 Å². The minimum Gasteiger partial charge on any atom is -0.472 e. The Labute approximate surface area is 180 Å². The summed E-state index contributed by atoms with van der Waals surface area (Å²) in [5, 5.41) is 4.76. The first-order valence-corrected chi connectivity index (χ1v) is 11.0. The lowest BCUT2D eigenvalue weighted by Crippen LogP contribution is -2.43. The second-order valence-electron chi connectivity index (χ2n) is 9.54. The molecule has 0 amide bonds. The summed E-state index contributed by atoms with van der Waals surface area (Å²) in [4.78, 5) is 9.73. The molecule has 2 saturated heterocycles. The van der Waals surface area contributed by atoms with Gasteiger partial charge in [0.05, 0.1) is 24.9 Å². The van der Waals surface area contributed by atoms with Crippen LogP contribution in [0.1, 0.15) is 58.0 Å². The van der Waals surface area contributed by atoms with Crippen LogP contribution < -0.4 is 14.5 Å². The average molecular weight is 414 g/mol. The Morgan fingerprint density at radius 3 is 2.60 bits per heavy atom. The van der Waals surface area contributed by atoms with Gasteiger partial charge in [0, 0.05) is 49.7 Å². The number of nitrogens with zero attached hydrogens (tertiary/aromatic N) is 5. The highest BCUT2D eigenvalue weighted by atomic mass is 16.5. The minimum atomic E-state index is -0.304. The standard InChI is InChI=1S/C23H35N5O2/c1-16-12-19(25-26(16)6)20-8-7-9-28(20)21-13-18(27-10-11-29-15-17(27)2)14-22(24-21)30-23(3,4)5/h12-14,17,20H,7-11,15H2,1-6H3/t17-,20?/m1/s1. The topological polar surface area (TPSA) is 55.6 Å². The summed E-state index contributed by atoms with van der Waals surface area (Å²) >= 11 is 0. The molecule has 0 aromatic carbocycles. The summed E-state index contributed by atoms with van der Waals surface area (Å²) in [5.74, 6) is 1.65. The average Bonchev–Trinajstić information content (AvgIpc) is 3.27. The Morgan fingerprint density at radius 1 is 1.13 bits per heavy atom. The maximum atomic E-state index is 6.22. The molecule has 0 radical (unpaired) electrons. The van der Waals surface area contributed by atoms with Gasteiger partial charge in [0.1, 0.15) is 11.4 Å². The van der Waals surface area contributed by atoms with Gasteiger partial charge in [0.15, 0.2) is 0 Å². The van der Waals surface area contributed by atoms with E-state index in [1.54, 1.807) is 0 Å². The zero-order chi connectivity index (χ0) is 21.5. The van der Waals surface area contributed by atoms with Gasteiger partial charge in [-0.05, 0) is 53.5 Å². The maximum absolute atomic E-state index is 6.22. The van der Waals surface area contributed by atoms with Gasteiger partial charge in [-0.15, -0.1) is 0 Å². The van der Waals surface area contributed by atoms with Crippen LogP contribution in [0, 0.1) is 6.92 Å². The Balaban J connectivity index is 1.71. The second kappa shape index (κ2) is 8.10. The molecule has 4 heterocycles. The molecule has 4 rings (SSSR count). The third-order valence-corrected chi connectivity index (χ3v) is 5.90. The molecule has 0 spiro atoms. The minimum absolute atomic E-state index is 0.247. The van der Waals surface area contributed by atoms with E-state index in [0.717, 1.165) is 56.3 Å². The largest absolute Gasteiger partial charge is 0.472 e. The van der Waals surface area contributed by atoms with Crippen LogP contribution in [0.15, 0.2) is 18.2 Å². The fourth-order valence-electron chi connectivity index (χ4n) is 4.37. The van der Waals surface area contributed by atoms with Crippen molar-refractivity contribution in [2.45, 2.75) is 65.1 Å².